The van der Waals surface area contributed by atoms with E-state index in [1.165, 1.54) is 11.0 Å². The van der Waals surface area contributed by atoms with E-state index in [9.17, 15) is 22.8 Å². The number of amides is 3. The van der Waals surface area contributed by atoms with Crippen LogP contribution in [0.25, 0.3) is 0 Å². The van der Waals surface area contributed by atoms with Crippen LogP contribution < -0.4 is 14.4 Å². The van der Waals surface area contributed by atoms with Crippen LogP contribution in [0.2, 0.25) is 0 Å². The smallest absolute Gasteiger partial charge is 0.328 e. The maximum absolute atomic E-state index is 12.1. The van der Waals surface area contributed by atoms with Gasteiger partial charge in [0.2, 0.25) is 5.91 Å². The van der Waals surface area contributed by atoms with Crippen LogP contribution in [-0.4, -0.2) is 68.8 Å². The van der Waals surface area contributed by atoms with Gasteiger partial charge in [-0.3, -0.25) is 24.7 Å². The Morgan fingerprint density at radius 2 is 1.93 bits per heavy atom. The van der Waals surface area contributed by atoms with Crippen molar-refractivity contribution in [1.29, 1.82) is 0 Å². The molecule has 2 aliphatic heterocycles. The highest BCUT2D eigenvalue weighted by molar-refractivity contribution is 7.86. The number of carboxylic acid groups (broad SMARTS) is 1. The molecule has 29 heavy (non-hydrogen) atoms. The maximum Gasteiger partial charge on any atom is 0.328 e. The predicted octanol–water partition coefficient (Wildman–Crippen LogP) is 0.735. The van der Waals surface area contributed by atoms with E-state index in [0.29, 0.717) is 37.2 Å². The highest BCUT2D eigenvalue weighted by Gasteiger charge is 2.28. The van der Waals surface area contributed by atoms with Crippen LogP contribution in [0.15, 0.2) is 18.2 Å². The normalized spacial score (nSPS) is 19.1. The summed E-state index contributed by atoms with van der Waals surface area (Å²) in [7, 11) is -3.80. The molecule has 0 atom stereocenters. The molecule has 10 nitrogen and oxygen atoms in total. The Kier molecular flexibility index (Phi) is 6.08. The fourth-order valence-electron chi connectivity index (χ4n) is 3.67. The van der Waals surface area contributed by atoms with Crippen LogP contribution >= 0.6 is 0 Å². The van der Waals surface area contributed by atoms with E-state index in [4.69, 9.17) is 9.29 Å². The Labute approximate surface area is 168 Å². The molecule has 0 aromatic heterocycles. The van der Waals surface area contributed by atoms with Crippen molar-refractivity contribution in [3.63, 3.8) is 0 Å². The van der Waals surface area contributed by atoms with Crippen LogP contribution in [0.5, 0.6) is 5.75 Å². The van der Waals surface area contributed by atoms with Gasteiger partial charge in [0.1, 0.15) is 5.75 Å². The third-order valence-electron chi connectivity index (χ3n) is 4.99. The molecule has 0 spiro atoms. The number of anilines is 1. The topological polar surface area (TPSA) is 133 Å². The molecule has 0 aliphatic carbocycles. The zero-order chi connectivity index (χ0) is 21.2. The van der Waals surface area contributed by atoms with Crippen molar-refractivity contribution in [3.05, 3.63) is 23.8 Å². The summed E-state index contributed by atoms with van der Waals surface area (Å²) in [4.78, 5) is 37.5. The van der Waals surface area contributed by atoms with Crippen LogP contribution in [-0.2, 0) is 19.7 Å². The number of likely N-dealkylation sites (tertiary alicyclic amines) is 1. The lowest BCUT2D eigenvalue weighted by atomic mass is 9.88. The largest absolute Gasteiger partial charge is 0.480 e. The molecule has 3 rings (SSSR count). The number of nitrogens with one attached hydrogen (secondary N) is 1. The van der Waals surface area contributed by atoms with Gasteiger partial charge in [-0.2, -0.15) is 8.42 Å². The van der Waals surface area contributed by atoms with Gasteiger partial charge in [-0.15, -0.1) is 0 Å². The number of rotatable bonds is 6. The molecule has 11 heteroatoms. The van der Waals surface area contributed by atoms with Crippen molar-refractivity contribution in [2.24, 2.45) is 0 Å². The van der Waals surface area contributed by atoms with E-state index in [0.717, 1.165) is 6.26 Å². The quantitative estimate of drug-likeness (QED) is 0.638. The van der Waals surface area contributed by atoms with E-state index in [1.807, 2.05) is 4.90 Å². The Bertz CT molecular complexity index is 923. The lowest BCUT2D eigenvalue weighted by molar-refractivity contribution is -0.138. The van der Waals surface area contributed by atoms with Gasteiger partial charge in [0.15, 0.2) is 0 Å². The first kappa shape index (κ1) is 21.1. The number of aliphatic carboxylic acids is 1. The number of hydrogen-bond acceptors (Lipinski definition) is 7. The number of nitrogens with zero attached hydrogens (tertiary/aromatic N) is 2. The van der Waals surface area contributed by atoms with Gasteiger partial charge < -0.3 is 9.29 Å². The number of hydrogen-bond donors (Lipinski definition) is 2. The summed E-state index contributed by atoms with van der Waals surface area (Å²) >= 11 is 0. The van der Waals surface area contributed by atoms with Gasteiger partial charge in [-0.1, -0.05) is 6.07 Å². The minimum atomic E-state index is -3.80. The summed E-state index contributed by atoms with van der Waals surface area (Å²) in [6, 6.07) is 4.36. The Morgan fingerprint density at radius 3 is 2.52 bits per heavy atom. The van der Waals surface area contributed by atoms with Crippen LogP contribution in [0, 0.1) is 0 Å². The SMILES string of the molecule is CS(=O)(=O)Oc1cc(N2CCC(=O)NC2=O)ccc1C1CCN(CC(=O)O)CC1. The fraction of sp³-hybridized carbons (Fsp3) is 0.500. The fourth-order valence-corrected chi connectivity index (χ4v) is 4.14. The highest BCUT2D eigenvalue weighted by Crippen LogP contribution is 2.37. The number of imide groups is 1. The first-order chi connectivity index (χ1) is 13.6. The molecular formula is C18H23N3O7S. The van der Waals surface area contributed by atoms with Crippen LogP contribution in [0.4, 0.5) is 10.5 Å². The molecule has 1 aromatic rings. The Morgan fingerprint density at radius 1 is 1.24 bits per heavy atom. The minimum absolute atomic E-state index is 0.00241. The van der Waals surface area contributed by atoms with Gasteiger partial charge in [0, 0.05) is 24.7 Å². The molecule has 2 saturated heterocycles. The molecule has 2 fully saturated rings. The molecular weight excluding hydrogens is 402 g/mol. The maximum atomic E-state index is 12.1. The third-order valence-corrected chi connectivity index (χ3v) is 5.47. The van der Waals surface area contributed by atoms with Crippen molar-refractivity contribution < 1.29 is 32.1 Å². The standard InChI is InChI=1S/C18H23N3O7S/c1-29(26,27)28-15-10-13(21-9-6-16(22)19-18(21)25)2-3-14(15)12-4-7-20(8-5-12)11-17(23)24/h2-3,10,12H,4-9,11H2,1H3,(H,23,24)(H,19,22,25). The number of benzene rings is 1. The Balaban J connectivity index is 1.84. The number of piperidine rings is 1. The van der Waals surface area contributed by atoms with Gasteiger partial charge in [-0.25, -0.2) is 4.79 Å². The van der Waals surface area contributed by atoms with Crippen LogP contribution in [0.3, 0.4) is 0 Å². The summed E-state index contributed by atoms with van der Waals surface area (Å²) in [5.74, 6) is -1.09. The van der Waals surface area contributed by atoms with Crippen molar-refractivity contribution in [1.82, 2.24) is 10.2 Å². The number of carboxylic acids is 1. The molecule has 3 amide bonds. The van der Waals surface area contributed by atoms with E-state index in [1.54, 1.807) is 12.1 Å². The zero-order valence-corrected chi connectivity index (χ0v) is 16.8. The summed E-state index contributed by atoms with van der Waals surface area (Å²) in [6.45, 7) is 1.32. The van der Waals surface area contributed by atoms with Crippen molar-refractivity contribution in [2.75, 3.05) is 37.3 Å². The van der Waals surface area contributed by atoms with Crippen molar-refractivity contribution >= 4 is 33.7 Å². The summed E-state index contributed by atoms with van der Waals surface area (Å²) in [5.41, 5.74) is 1.13. The van der Waals surface area contributed by atoms with E-state index in [2.05, 4.69) is 5.32 Å². The molecule has 1 aromatic carbocycles. The highest BCUT2D eigenvalue weighted by atomic mass is 32.2. The lowest BCUT2D eigenvalue weighted by Crippen LogP contribution is -2.49. The summed E-state index contributed by atoms with van der Waals surface area (Å²) in [5, 5.41) is 11.2. The second kappa shape index (κ2) is 8.37. The average Bonchev–Trinajstić information content (AvgIpc) is 2.61. The van der Waals surface area contributed by atoms with Gasteiger partial charge in [0.25, 0.3) is 0 Å². The van der Waals surface area contributed by atoms with E-state index in [-0.39, 0.29) is 37.1 Å². The second-order valence-electron chi connectivity index (χ2n) is 7.21. The van der Waals surface area contributed by atoms with Gasteiger partial charge in [0.05, 0.1) is 12.8 Å². The molecule has 2 N–H and O–H groups in total. The molecule has 158 valence electrons. The number of carbonyl (C=O) groups is 3. The third kappa shape index (κ3) is 5.45. The molecule has 2 heterocycles. The van der Waals surface area contributed by atoms with Crippen molar-refractivity contribution in [3.8, 4) is 5.75 Å². The summed E-state index contributed by atoms with van der Waals surface area (Å²) in [6.07, 6.45) is 2.42. The molecule has 0 saturated carbocycles. The van der Waals surface area contributed by atoms with Gasteiger partial charge >= 0.3 is 22.1 Å². The van der Waals surface area contributed by atoms with Crippen molar-refractivity contribution in [2.45, 2.75) is 25.2 Å². The minimum Gasteiger partial charge on any atom is -0.480 e. The van der Waals surface area contributed by atoms with Crippen LogP contribution in [0.1, 0.15) is 30.7 Å². The molecule has 2 aliphatic rings. The monoisotopic (exact) mass is 425 g/mol. The molecule has 0 bridgehead atoms. The first-order valence-electron chi connectivity index (χ1n) is 9.21. The summed E-state index contributed by atoms with van der Waals surface area (Å²) < 4.78 is 28.7. The number of urea groups is 1. The molecule has 0 unspecified atom stereocenters. The molecule has 0 radical (unpaired) electrons. The zero-order valence-electron chi connectivity index (χ0n) is 16.0. The van der Waals surface area contributed by atoms with E-state index < -0.39 is 22.1 Å². The average molecular weight is 425 g/mol. The van der Waals surface area contributed by atoms with Gasteiger partial charge in [-0.05, 0) is 43.5 Å². The van der Waals surface area contributed by atoms with E-state index >= 15 is 0 Å². The number of carbonyl (C=O) groups excluding carboxylic acids is 2. The first-order valence-corrected chi connectivity index (χ1v) is 11.0. The Hall–Kier alpha value is -2.66. The second-order valence-corrected chi connectivity index (χ2v) is 8.78. The predicted molar refractivity (Wildman–Crippen MR) is 103 cm³/mol. The lowest BCUT2D eigenvalue weighted by Gasteiger charge is -2.32.